The Hall–Kier alpha value is -4.79. The minimum absolute atomic E-state index is 0.0991. The second kappa shape index (κ2) is 10.7. The topological polar surface area (TPSA) is 227 Å². The van der Waals surface area contributed by atoms with Gasteiger partial charge in [0.25, 0.3) is 11.8 Å². The van der Waals surface area contributed by atoms with Crippen molar-refractivity contribution in [2.75, 3.05) is 18.1 Å². The van der Waals surface area contributed by atoms with Gasteiger partial charge < -0.3 is 36.9 Å². The van der Waals surface area contributed by atoms with Crippen LogP contribution in [0.25, 0.3) is 0 Å². The summed E-state index contributed by atoms with van der Waals surface area (Å²) in [6.07, 6.45) is 1.45. The summed E-state index contributed by atoms with van der Waals surface area (Å²) in [5.74, 6) is -3.63. The number of nitrogens with one attached hydrogen (secondary N) is 3. The van der Waals surface area contributed by atoms with Crippen LogP contribution in [-0.4, -0.2) is 68.5 Å². The summed E-state index contributed by atoms with van der Waals surface area (Å²) in [6.45, 7) is -0.403. The lowest BCUT2D eigenvalue weighted by atomic mass is 10.0. The molecule has 38 heavy (non-hydrogen) atoms. The third kappa shape index (κ3) is 5.17. The van der Waals surface area contributed by atoms with E-state index >= 15 is 0 Å². The maximum Gasteiger partial charge on any atom is 0.404 e. The number of nitrogens with zero attached hydrogens (tertiary/aromatic N) is 1. The number of aromatic amines is 1. The van der Waals surface area contributed by atoms with E-state index in [9.17, 15) is 33.9 Å². The van der Waals surface area contributed by atoms with Gasteiger partial charge in [-0.2, -0.15) is 0 Å². The van der Waals surface area contributed by atoms with Gasteiger partial charge in [-0.05, 0) is 17.7 Å². The van der Waals surface area contributed by atoms with Crippen LogP contribution in [0.1, 0.15) is 22.0 Å². The predicted molar refractivity (Wildman–Crippen MR) is 133 cm³/mol. The molecule has 3 atom stereocenters. The largest absolute Gasteiger partial charge is 0.477 e. The number of anilines is 1. The van der Waals surface area contributed by atoms with Gasteiger partial charge in [-0.25, -0.2) is 9.59 Å². The van der Waals surface area contributed by atoms with Crippen molar-refractivity contribution in [1.82, 2.24) is 20.5 Å². The number of pyridine rings is 1. The summed E-state index contributed by atoms with van der Waals surface area (Å²) >= 11 is 1.15. The highest BCUT2D eigenvalue weighted by atomic mass is 32.2. The number of fused-ring (bicyclic) bond motifs is 1. The predicted octanol–water partition coefficient (Wildman–Crippen LogP) is -0.738. The van der Waals surface area contributed by atoms with Gasteiger partial charge in [0.05, 0.1) is 0 Å². The molecule has 3 heterocycles. The summed E-state index contributed by atoms with van der Waals surface area (Å²) in [4.78, 5) is 77.7. The van der Waals surface area contributed by atoms with E-state index in [1.807, 2.05) is 0 Å². The number of carboxylic acid groups (broad SMARTS) is 1. The fraction of sp³-hybridized carbons (Fsp3) is 0.217. The molecule has 15 heteroatoms. The summed E-state index contributed by atoms with van der Waals surface area (Å²) in [5, 5.41) is 14.0. The van der Waals surface area contributed by atoms with Gasteiger partial charge in [0, 0.05) is 35.5 Å². The summed E-state index contributed by atoms with van der Waals surface area (Å²) in [6, 6.07) is 4.85. The van der Waals surface area contributed by atoms with Gasteiger partial charge in [-0.3, -0.25) is 24.1 Å². The number of H-pyrrole nitrogens is 1. The van der Waals surface area contributed by atoms with E-state index in [1.54, 1.807) is 12.1 Å². The molecule has 2 aromatic rings. The van der Waals surface area contributed by atoms with Crippen LogP contribution in [0.5, 0.6) is 0 Å². The Balaban J connectivity index is 1.56. The molecule has 14 nitrogen and oxygen atoms in total. The third-order valence-corrected chi connectivity index (χ3v) is 7.13. The fourth-order valence-electron chi connectivity index (χ4n) is 4.03. The number of benzene rings is 1. The molecule has 0 radical (unpaired) electrons. The van der Waals surface area contributed by atoms with Gasteiger partial charge in [0.15, 0.2) is 5.43 Å². The van der Waals surface area contributed by atoms with Gasteiger partial charge in [-0.15, -0.1) is 11.8 Å². The number of nitrogen functional groups attached to an aromatic ring is 1. The van der Waals surface area contributed by atoms with E-state index in [0.29, 0.717) is 11.3 Å². The van der Waals surface area contributed by atoms with Crippen molar-refractivity contribution >= 4 is 47.2 Å². The number of primary amides is 1. The molecule has 2 aliphatic heterocycles. The van der Waals surface area contributed by atoms with Crippen LogP contribution in [0.15, 0.2) is 58.8 Å². The zero-order valence-electron chi connectivity index (χ0n) is 19.5. The molecule has 1 aromatic heterocycles. The number of β-lactam (4-membered cyclic amide) rings is 1. The first kappa shape index (κ1) is 26.3. The second-order valence-corrected chi connectivity index (χ2v) is 9.36. The number of rotatable bonds is 8. The molecule has 0 saturated carbocycles. The van der Waals surface area contributed by atoms with Crippen LogP contribution in [0.3, 0.4) is 0 Å². The molecule has 0 spiro atoms. The Morgan fingerprint density at radius 2 is 2.00 bits per heavy atom. The van der Waals surface area contributed by atoms with Crippen molar-refractivity contribution in [2.45, 2.75) is 17.5 Å². The van der Waals surface area contributed by atoms with Crippen LogP contribution in [-0.2, 0) is 19.1 Å². The normalized spacial score (nSPS) is 19.1. The first-order valence-corrected chi connectivity index (χ1v) is 12.1. The SMILES string of the molecule is NC(=O)OCC1=C(C(=O)O)N2C(=O)C(NC(=O)C(NC(=O)c3c[nH]ccc3=O)c3cccc(N)c3)[C@H]2SC1. The number of ether oxygens (including phenoxy) is 1. The first-order chi connectivity index (χ1) is 18.1. The van der Waals surface area contributed by atoms with E-state index < -0.39 is 59.3 Å². The molecule has 1 fully saturated rings. The molecule has 1 aromatic carbocycles. The third-order valence-electron chi connectivity index (χ3n) is 5.79. The Morgan fingerprint density at radius 3 is 2.66 bits per heavy atom. The van der Waals surface area contributed by atoms with Gasteiger partial charge in [0.1, 0.15) is 35.3 Å². The smallest absolute Gasteiger partial charge is 0.404 e. The maximum atomic E-state index is 13.4. The number of hydrogen-bond acceptors (Lipinski definition) is 9. The number of amides is 4. The van der Waals surface area contributed by atoms with Crippen LogP contribution >= 0.6 is 11.8 Å². The van der Waals surface area contributed by atoms with Crippen molar-refractivity contribution in [3.8, 4) is 0 Å². The zero-order chi connectivity index (χ0) is 27.6. The van der Waals surface area contributed by atoms with E-state index in [0.717, 1.165) is 22.7 Å². The van der Waals surface area contributed by atoms with E-state index in [-0.39, 0.29) is 22.6 Å². The molecule has 198 valence electrons. The Morgan fingerprint density at radius 1 is 1.24 bits per heavy atom. The van der Waals surface area contributed by atoms with E-state index in [1.165, 1.54) is 24.5 Å². The van der Waals surface area contributed by atoms with Crippen LogP contribution < -0.4 is 27.5 Å². The van der Waals surface area contributed by atoms with Crippen molar-refractivity contribution in [3.05, 3.63) is 75.3 Å². The second-order valence-electron chi connectivity index (χ2n) is 8.26. The highest BCUT2D eigenvalue weighted by Crippen LogP contribution is 2.40. The number of aromatic nitrogens is 1. The quantitative estimate of drug-likeness (QED) is 0.181. The lowest BCUT2D eigenvalue weighted by Crippen LogP contribution is -2.71. The van der Waals surface area contributed by atoms with Crippen molar-refractivity contribution in [3.63, 3.8) is 0 Å². The van der Waals surface area contributed by atoms with E-state index in [4.69, 9.17) is 11.5 Å². The van der Waals surface area contributed by atoms with Crippen LogP contribution in [0.2, 0.25) is 0 Å². The molecule has 8 N–H and O–H groups in total. The van der Waals surface area contributed by atoms with Gasteiger partial charge >= 0.3 is 12.1 Å². The van der Waals surface area contributed by atoms with Crippen molar-refractivity contribution in [1.29, 1.82) is 0 Å². The average Bonchev–Trinajstić information content (AvgIpc) is 2.88. The number of carboxylic acids is 1. The van der Waals surface area contributed by atoms with Crippen LogP contribution in [0.4, 0.5) is 10.5 Å². The number of carbonyl (C=O) groups is 5. The lowest BCUT2D eigenvalue weighted by molar-refractivity contribution is -0.151. The summed E-state index contributed by atoms with van der Waals surface area (Å²) < 4.78 is 4.69. The number of nitrogens with two attached hydrogens (primary N) is 2. The molecule has 2 unspecified atom stereocenters. The minimum atomic E-state index is -1.41. The van der Waals surface area contributed by atoms with Crippen LogP contribution in [0, 0.1) is 0 Å². The average molecular weight is 543 g/mol. The molecule has 0 aliphatic carbocycles. The van der Waals surface area contributed by atoms with Crippen molar-refractivity contribution in [2.24, 2.45) is 5.73 Å². The van der Waals surface area contributed by atoms with Gasteiger partial charge in [0.2, 0.25) is 5.91 Å². The summed E-state index contributed by atoms with van der Waals surface area (Å²) in [7, 11) is 0. The summed E-state index contributed by atoms with van der Waals surface area (Å²) in [5.41, 5.74) is 10.4. The number of carbonyl (C=O) groups excluding carboxylic acids is 4. The van der Waals surface area contributed by atoms with E-state index in [2.05, 4.69) is 20.4 Å². The Kier molecular flexibility index (Phi) is 7.38. The standard InChI is InChI=1S/C23H22N6O8S/c24-12-3-1-2-10(6-12)15(27-18(31)13-7-26-5-4-14(13)30)19(32)28-16-20(33)29-17(22(34)35)11(8-37-23(25)36)9-38-21(16)29/h1-7,15-16,21H,8-9,24H2,(H2,25,36)(H,26,30)(H,27,31)(H,28,32)(H,34,35)/t15?,16?,21-/m1/s1. The lowest BCUT2D eigenvalue weighted by Gasteiger charge is -2.49. The fourth-order valence-corrected chi connectivity index (χ4v) is 5.36. The Labute approximate surface area is 218 Å². The molecular weight excluding hydrogens is 520 g/mol. The molecular formula is C23H22N6O8S. The molecule has 2 aliphatic rings. The highest BCUT2D eigenvalue weighted by Gasteiger charge is 2.54. The molecule has 4 amide bonds. The molecule has 1 saturated heterocycles. The molecule has 4 rings (SSSR count). The maximum absolute atomic E-state index is 13.4. The first-order valence-electron chi connectivity index (χ1n) is 11.0. The van der Waals surface area contributed by atoms with Gasteiger partial charge in [-0.1, -0.05) is 12.1 Å². The monoisotopic (exact) mass is 542 g/mol. The number of thioether (sulfide) groups is 1. The Bertz CT molecular complexity index is 1420. The zero-order valence-corrected chi connectivity index (χ0v) is 20.3. The molecule has 0 bridgehead atoms. The number of hydrogen-bond donors (Lipinski definition) is 6. The minimum Gasteiger partial charge on any atom is -0.477 e. The number of aliphatic carboxylic acids is 1. The van der Waals surface area contributed by atoms with Crippen molar-refractivity contribution < 1.29 is 33.8 Å². The highest BCUT2D eigenvalue weighted by molar-refractivity contribution is 8.00.